The van der Waals surface area contributed by atoms with Crippen LogP contribution in [0.3, 0.4) is 0 Å². The van der Waals surface area contributed by atoms with Crippen LogP contribution in [0.4, 0.5) is 0 Å². The number of benzene rings is 1. The van der Waals surface area contributed by atoms with E-state index in [4.69, 9.17) is 23.1 Å². The Hall–Kier alpha value is -1.19. The number of hydrogen-bond donors (Lipinski definition) is 3. The minimum atomic E-state index is -1.08. The van der Waals surface area contributed by atoms with Gasteiger partial charge in [0, 0.05) is 27.4 Å². The van der Waals surface area contributed by atoms with E-state index in [2.05, 4.69) is 0 Å². The van der Waals surface area contributed by atoms with Gasteiger partial charge in [0.2, 0.25) is 0 Å². The SMILES string of the molecule is CC(C)(O)/C(N)=c1\ccc(Cl)c\c1=C\N. The lowest BCUT2D eigenvalue weighted by molar-refractivity contribution is 0.140. The van der Waals surface area contributed by atoms with Crippen LogP contribution >= 0.6 is 11.6 Å². The molecule has 0 heterocycles. The van der Waals surface area contributed by atoms with Crippen molar-refractivity contribution < 1.29 is 5.11 Å². The molecule has 0 aliphatic heterocycles. The van der Waals surface area contributed by atoms with Crippen LogP contribution in [-0.2, 0) is 0 Å². The van der Waals surface area contributed by atoms with E-state index in [1.807, 2.05) is 0 Å². The Morgan fingerprint density at radius 2 is 2.07 bits per heavy atom. The van der Waals surface area contributed by atoms with Gasteiger partial charge in [-0.2, -0.15) is 0 Å². The molecule has 82 valence electrons. The molecule has 0 amide bonds. The van der Waals surface area contributed by atoms with Gasteiger partial charge in [-0.3, -0.25) is 0 Å². The smallest absolute Gasteiger partial charge is 0.0988 e. The van der Waals surface area contributed by atoms with Crippen LogP contribution in [0.15, 0.2) is 18.2 Å². The summed E-state index contributed by atoms with van der Waals surface area (Å²) in [6.07, 6.45) is 1.42. The number of aliphatic hydroxyl groups is 1. The third-order valence-corrected chi connectivity index (χ3v) is 2.38. The second kappa shape index (κ2) is 4.13. The highest BCUT2D eigenvalue weighted by Crippen LogP contribution is 2.08. The van der Waals surface area contributed by atoms with E-state index in [-0.39, 0.29) is 0 Å². The minimum absolute atomic E-state index is 0.371. The summed E-state index contributed by atoms with van der Waals surface area (Å²) in [4.78, 5) is 0. The molecule has 3 nitrogen and oxygen atoms in total. The lowest BCUT2D eigenvalue weighted by Gasteiger charge is -2.17. The lowest BCUT2D eigenvalue weighted by Crippen LogP contribution is -2.39. The largest absolute Gasteiger partial charge is 0.404 e. The standard InChI is InChI=1S/C11H15ClN2O/c1-11(2,15)10(14)9-4-3-8(12)5-7(9)6-13/h3-6,15H,13-14H2,1-2H3/b7-6-,10-9-. The first-order valence-corrected chi connectivity index (χ1v) is 4.94. The summed E-state index contributed by atoms with van der Waals surface area (Å²) in [6, 6.07) is 5.16. The summed E-state index contributed by atoms with van der Waals surface area (Å²) in [5, 5.41) is 11.8. The van der Waals surface area contributed by atoms with Gasteiger partial charge in [0.15, 0.2) is 0 Å². The van der Waals surface area contributed by atoms with Crippen molar-refractivity contribution in [1.29, 1.82) is 0 Å². The average Bonchev–Trinajstić information content (AvgIpc) is 2.15. The van der Waals surface area contributed by atoms with Gasteiger partial charge in [-0.05, 0) is 26.0 Å². The predicted octanol–water partition coefficient (Wildman–Crippen LogP) is -0.126. The van der Waals surface area contributed by atoms with E-state index < -0.39 is 5.60 Å². The maximum Gasteiger partial charge on any atom is 0.0988 e. The quantitative estimate of drug-likeness (QED) is 0.625. The summed E-state index contributed by atoms with van der Waals surface area (Å²) in [6.45, 7) is 3.24. The van der Waals surface area contributed by atoms with Gasteiger partial charge in [0.25, 0.3) is 0 Å². The van der Waals surface area contributed by atoms with E-state index in [1.54, 1.807) is 32.0 Å². The Kier molecular flexibility index (Phi) is 3.27. The van der Waals surface area contributed by atoms with Gasteiger partial charge in [-0.1, -0.05) is 17.7 Å². The fraction of sp³-hybridized carbons (Fsp3) is 0.273. The van der Waals surface area contributed by atoms with Crippen LogP contribution in [-0.4, -0.2) is 10.7 Å². The van der Waals surface area contributed by atoms with Crippen molar-refractivity contribution in [2.24, 2.45) is 11.5 Å². The van der Waals surface area contributed by atoms with Gasteiger partial charge >= 0.3 is 0 Å². The zero-order chi connectivity index (χ0) is 11.6. The number of rotatable bonds is 1. The Bertz CT molecular complexity index is 474. The van der Waals surface area contributed by atoms with E-state index >= 15 is 0 Å². The van der Waals surface area contributed by atoms with Crippen molar-refractivity contribution in [3.63, 3.8) is 0 Å². The summed E-state index contributed by atoms with van der Waals surface area (Å²) in [5.74, 6) is 0. The lowest BCUT2D eigenvalue weighted by atomic mass is 10.0. The zero-order valence-electron chi connectivity index (χ0n) is 8.79. The van der Waals surface area contributed by atoms with E-state index in [1.165, 1.54) is 6.20 Å². The van der Waals surface area contributed by atoms with Gasteiger partial charge in [0.05, 0.1) is 5.60 Å². The summed E-state index contributed by atoms with van der Waals surface area (Å²) >= 11 is 5.83. The topological polar surface area (TPSA) is 72.3 Å². The number of hydrogen-bond acceptors (Lipinski definition) is 3. The maximum absolute atomic E-state index is 9.78. The molecule has 0 aliphatic carbocycles. The van der Waals surface area contributed by atoms with Crippen LogP contribution in [0.1, 0.15) is 13.8 Å². The average molecular weight is 227 g/mol. The van der Waals surface area contributed by atoms with E-state index in [0.29, 0.717) is 21.2 Å². The molecule has 0 radical (unpaired) electrons. The van der Waals surface area contributed by atoms with Crippen molar-refractivity contribution in [2.75, 3.05) is 0 Å². The van der Waals surface area contributed by atoms with Crippen molar-refractivity contribution >= 4 is 23.5 Å². The van der Waals surface area contributed by atoms with Crippen LogP contribution in [0.25, 0.3) is 11.9 Å². The Morgan fingerprint density at radius 1 is 1.47 bits per heavy atom. The summed E-state index contributed by atoms with van der Waals surface area (Å²) in [7, 11) is 0. The number of nitrogens with two attached hydrogens (primary N) is 2. The minimum Gasteiger partial charge on any atom is -0.404 e. The summed E-state index contributed by atoms with van der Waals surface area (Å²) < 4.78 is 0. The van der Waals surface area contributed by atoms with Gasteiger partial charge in [-0.15, -0.1) is 0 Å². The molecule has 0 atom stereocenters. The van der Waals surface area contributed by atoms with Crippen LogP contribution in [0.2, 0.25) is 5.02 Å². The second-order valence-electron chi connectivity index (χ2n) is 3.87. The Morgan fingerprint density at radius 3 is 2.53 bits per heavy atom. The van der Waals surface area contributed by atoms with Crippen LogP contribution in [0.5, 0.6) is 0 Å². The third kappa shape index (κ3) is 2.64. The molecule has 0 aromatic heterocycles. The molecule has 5 N–H and O–H groups in total. The molecule has 0 saturated carbocycles. The molecular weight excluding hydrogens is 212 g/mol. The van der Waals surface area contributed by atoms with Gasteiger partial charge in [0.1, 0.15) is 0 Å². The second-order valence-corrected chi connectivity index (χ2v) is 4.31. The maximum atomic E-state index is 9.78. The predicted molar refractivity (Wildman–Crippen MR) is 63.2 cm³/mol. The molecule has 0 saturated heterocycles. The zero-order valence-corrected chi connectivity index (χ0v) is 9.55. The molecule has 1 aromatic rings. The number of halogens is 1. The highest BCUT2D eigenvalue weighted by Gasteiger charge is 2.16. The normalized spacial score (nSPS) is 15.3. The summed E-state index contributed by atoms with van der Waals surface area (Å²) in [5.41, 5.74) is 10.6. The molecule has 0 unspecified atom stereocenters. The van der Waals surface area contributed by atoms with Crippen molar-refractivity contribution in [1.82, 2.24) is 0 Å². The Balaban J connectivity index is 3.65. The van der Waals surface area contributed by atoms with Gasteiger partial charge in [-0.25, -0.2) is 0 Å². The molecule has 15 heavy (non-hydrogen) atoms. The van der Waals surface area contributed by atoms with E-state index in [9.17, 15) is 5.11 Å². The first-order valence-electron chi connectivity index (χ1n) is 4.56. The molecular formula is C11H15ClN2O. The molecule has 0 bridgehead atoms. The highest BCUT2D eigenvalue weighted by atomic mass is 35.5. The molecule has 0 aliphatic rings. The highest BCUT2D eigenvalue weighted by molar-refractivity contribution is 6.30. The fourth-order valence-electron chi connectivity index (χ4n) is 1.25. The fourth-order valence-corrected chi connectivity index (χ4v) is 1.43. The van der Waals surface area contributed by atoms with E-state index in [0.717, 1.165) is 0 Å². The molecule has 0 fully saturated rings. The van der Waals surface area contributed by atoms with Crippen LogP contribution in [0, 0.1) is 0 Å². The molecule has 4 heteroatoms. The van der Waals surface area contributed by atoms with Crippen molar-refractivity contribution in [3.05, 3.63) is 33.7 Å². The monoisotopic (exact) mass is 226 g/mol. The molecule has 0 spiro atoms. The first kappa shape index (κ1) is 11.9. The van der Waals surface area contributed by atoms with Crippen LogP contribution < -0.4 is 21.9 Å². The van der Waals surface area contributed by atoms with Crippen molar-refractivity contribution in [2.45, 2.75) is 19.4 Å². The van der Waals surface area contributed by atoms with Crippen molar-refractivity contribution in [3.8, 4) is 0 Å². The molecule has 1 aromatic carbocycles. The third-order valence-electron chi connectivity index (χ3n) is 2.14. The van der Waals surface area contributed by atoms with Gasteiger partial charge < -0.3 is 16.6 Å². The Labute approximate surface area is 93.7 Å². The first-order chi connectivity index (χ1) is 6.86. The molecule has 1 rings (SSSR count).